The van der Waals surface area contributed by atoms with Crippen molar-refractivity contribution in [3.63, 3.8) is 0 Å². The third kappa shape index (κ3) is 2.99. The van der Waals surface area contributed by atoms with Gasteiger partial charge in [-0.05, 0) is 57.3 Å². The smallest absolute Gasteiger partial charge is 0.0419 e. The number of fused-ring (bicyclic) bond motifs is 1. The summed E-state index contributed by atoms with van der Waals surface area (Å²) < 4.78 is 0. The Labute approximate surface area is 122 Å². The van der Waals surface area contributed by atoms with Gasteiger partial charge in [0.1, 0.15) is 0 Å². The molecule has 1 fully saturated rings. The zero-order chi connectivity index (χ0) is 13.9. The second-order valence-electron chi connectivity index (χ2n) is 6.41. The van der Waals surface area contributed by atoms with E-state index >= 15 is 0 Å². The lowest BCUT2D eigenvalue weighted by Gasteiger charge is -2.35. The summed E-state index contributed by atoms with van der Waals surface area (Å²) in [6, 6.07) is 8.08. The number of piperidine rings is 1. The van der Waals surface area contributed by atoms with Gasteiger partial charge in [0.05, 0.1) is 0 Å². The molecule has 2 heterocycles. The van der Waals surface area contributed by atoms with Crippen molar-refractivity contribution in [1.29, 1.82) is 0 Å². The second kappa shape index (κ2) is 6.15. The lowest BCUT2D eigenvalue weighted by atomic mass is 10.0. The van der Waals surface area contributed by atoms with Gasteiger partial charge in [-0.2, -0.15) is 0 Å². The number of benzene rings is 1. The van der Waals surface area contributed by atoms with E-state index < -0.39 is 0 Å². The van der Waals surface area contributed by atoms with E-state index in [4.69, 9.17) is 0 Å². The average Bonchev–Trinajstić information content (AvgIpc) is 2.94. The molecule has 20 heavy (non-hydrogen) atoms. The zero-order valence-corrected chi connectivity index (χ0v) is 12.8. The highest BCUT2D eigenvalue weighted by molar-refractivity contribution is 5.61. The minimum absolute atomic E-state index is 0.683. The minimum Gasteiger partial charge on any atom is -0.384 e. The maximum absolute atomic E-state index is 3.76. The van der Waals surface area contributed by atoms with Crippen LogP contribution in [-0.2, 0) is 13.0 Å². The van der Waals surface area contributed by atoms with Crippen LogP contribution in [0.4, 0.5) is 5.69 Å². The Morgan fingerprint density at radius 3 is 2.85 bits per heavy atom. The molecule has 0 aromatic heterocycles. The fraction of sp³-hybridized carbons (Fsp3) is 0.647. The van der Waals surface area contributed by atoms with E-state index in [-0.39, 0.29) is 0 Å². The first-order valence-electron chi connectivity index (χ1n) is 8.06. The van der Waals surface area contributed by atoms with Gasteiger partial charge in [0, 0.05) is 30.9 Å². The Bertz CT molecular complexity index is 448. The fourth-order valence-corrected chi connectivity index (χ4v) is 3.43. The van der Waals surface area contributed by atoms with Crippen LogP contribution in [-0.4, -0.2) is 36.6 Å². The van der Waals surface area contributed by atoms with Crippen LogP contribution >= 0.6 is 0 Å². The Morgan fingerprint density at radius 1 is 1.30 bits per heavy atom. The molecule has 110 valence electrons. The minimum atomic E-state index is 0.683. The molecule has 2 N–H and O–H groups in total. The van der Waals surface area contributed by atoms with Gasteiger partial charge in [-0.25, -0.2) is 0 Å². The molecule has 1 aromatic carbocycles. The zero-order valence-electron chi connectivity index (χ0n) is 12.8. The molecule has 3 nitrogen and oxygen atoms in total. The molecule has 1 aromatic rings. The van der Waals surface area contributed by atoms with Gasteiger partial charge in [-0.15, -0.1) is 0 Å². The third-order valence-electron chi connectivity index (χ3n) is 4.77. The highest BCUT2D eigenvalue weighted by atomic mass is 15.2. The number of nitrogens with zero attached hydrogens (tertiary/aromatic N) is 1. The van der Waals surface area contributed by atoms with E-state index in [1.165, 1.54) is 49.2 Å². The highest BCUT2D eigenvalue weighted by Gasteiger charge is 2.21. The van der Waals surface area contributed by atoms with E-state index in [2.05, 4.69) is 47.6 Å². The van der Waals surface area contributed by atoms with E-state index in [1.54, 1.807) is 0 Å². The van der Waals surface area contributed by atoms with Gasteiger partial charge in [0.15, 0.2) is 0 Å². The summed E-state index contributed by atoms with van der Waals surface area (Å²) in [5.74, 6) is 0. The van der Waals surface area contributed by atoms with Crippen LogP contribution in [0.1, 0.15) is 37.8 Å². The van der Waals surface area contributed by atoms with Crippen molar-refractivity contribution >= 4 is 5.69 Å². The van der Waals surface area contributed by atoms with Crippen molar-refractivity contribution in [2.24, 2.45) is 0 Å². The number of nitrogens with one attached hydrogen (secondary N) is 2. The first-order chi connectivity index (χ1) is 9.74. The lowest BCUT2D eigenvalue weighted by molar-refractivity contribution is 0.161. The first kappa shape index (κ1) is 13.9. The number of para-hydroxylation sites is 1. The van der Waals surface area contributed by atoms with Crippen molar-refractivity contribution < 1.29 is 0 Å². The predicted molar refractivity (Wildman–Crippen MR) is 85.2 cm³/mol. The van der Waals surface area contributed by atoms with Crippen LogP contribution in [0.25, 0.3) is 0 Å². The van der Waals surface area contributed by atoms with E-state index in [0.29, 0.717) is 12.1 Å². The summed E-state index contributed by atoms with van der Waals surface area (Å²) in [7, 11) is 0. The fourth-order valence-electron chi connectivity index (χ4n) is 3.43. The third-order valence-corrected chi connectivity index (χ3v) is 4.77. The van der Waals surface area contributed by atoms with Crippen LogP contribution < -0.4 is 10.6 Å². The Morgan fingerprint density at radius 2 is 2.10 bits per heavy atom. The summed E-state index contributed by atoms with van der Waals surface area (Å²) in [5, 5.41) is 7.29. The molecule has 2 aliphatic rings. The number of anilines is 1. The number of likely N-dealkylation sites (tertiary alicyclic amines) is 1. The van der Waals surface area contributed by atoms with Crippen molar-refractivity contribution in [3.8, 4) is 0 Å². The molecule has 0 bridgehead atoms. The summed E-state index contributed by atoms with van der Waals surface area (Å²) in [4.78, 5) is 2.58. The van der Waals surface area contributed by atoms with Crippen LogP contribution in [0.15, 0.2) is 18.2 Å². The standard InChI is InChI=1S/C17H27N3/c1-13(2)20-10-7-16(8-11-20)19-12-15-5-3-4-14-6-9-18-17(14)15/h3-5,13,16,18-19H,6-12H2,1-2H3. The summed E-state index contributed by atoms with van der Waals surface area (Å²) in [5.41, 5.74) is 4.31. The lowest BCUT2D eigenvalue weighted by Crippen LogP contribution is -2.44. The monoisotopic (exact) mass is 273 g/mol. The van der Waals surface area contributed by atoms with Gasteiger partial charge in [-0.1, -0.05) is 18.2 Å². The molecular formula is C17H27N3. The second-order valence-corrected chi connectivity index (χ2v) is 6.41. The molecule has 1 saturated heterocycles. The topological polar surface area (TPSA) is 27.3 Å². The Balaban J connectivity index is 1.52. The summed E-state index contributed by atoms with van der Waals surface area (Å²) >= 11 is 0. The molecule has 0 amide bonds. The maximum Gasteiger partial charge on any atom is 0.0419 e. The Hall–Kier alpha value is -1.06. The van der Waals surface area contributed by atoms with Gasteiger partial charge >= 0.3 is 0 Å². The van der Waals surface area contributed by atoms with Crippen LogP contribution in [0.3, 0.4) is 0 Å². The van der Waals surface area contributed by atoms with Crippen LogP contribution in [0.2, 0.25) is 0 Å². The SMILES string of the molecule is CC(C)N1CCC(NCc2cccc3c2NCC3)CC1. The molecule has 0 spiro atoms. The molecule has 3 rings (SSSR count). The molecular weight excluding hydrogens is 246 g/mol. The van der Waals surface area contributed by atoms with Gasteiger partial charge < -0.3 is 15.5 Å². The normalized spacial score (nSPS) is 20.1. The van der Waals surface area contributed by atoms with Crippen LogP contribution in [0.5, 0.6) is 0 Å². The molecule has 0 radical (unpaired) electrons. The predicted octanol–water partition coefficient (Wildman–Crippen LogP) is 2.62. The summed E-state index contributed by atoms with van der Waals surface area (Å²) in [6.45, 7) is 9.17. The summed E-state index contributed by atoms with van der Waals surface area (Å²) in [6.07, 6.45) is 3.73. The molecule has 2 aliphatic heterocycles. The average molecular weight is 273 g/mol. The van der Waals surface area contributed by atoms with Crippen molar-refractivity contribution in [3.05, 3.63) is 29.3 Å². The first-order valence-corrected chi connectivity index (χ1v) is 8.06. The molecule has 3 heteroatoms. The van der Waals surface area contributed by atoms with E-state index in [9.17, 15) is 0 Å². The highest BCUT2D eigenvalue weighted by Crippen LogP contribution is 2.26. The molecule has 0 unspecified atom stereocenters. The molecule has 0 saturated carbocycles. The van der Waals surface area contributed by atoms with E-state index in [1.807, 2.05) is 0 Å². The Kier molecular flexibility index (Phi) is 4.27. The molecule has 0 aliphatic carbocycles. The van der Waals surface area contributed by atoms with Crippen LogP contribution in [0, 0.1) is 0 Å². The van der Waals surface area contributed by atoms with Gasteiger partial charge in [0.25, 0.3) is 0 Å². The van der Waals surface area contributed by atoms with Crippen molar-refractivity contribution in [2.45, 2.75) is 51.7 Å². The van der Waals surface area contributed by atoms with E-state index in [0.717, 1.165) is 13.1 Å². The van der Waals surface area contributed by atoms with Gasteiger partial charge in [0.2, 0.25) is 0 Å². The quantitative estimate of drug-likeness (QED) is 0.883. The van der Waals surface area contributed by atoms with Crippen molar-refractivity contribution in [1.82, 2.24) is 10.2 Å². The number of hydrogen-bond acceptors (Lipinski definition) is 3. The number of hydrogen-bond donors (Lipinski definition) is 2. The van der Waals surface area contributed by atoms with Gasteiger partial charge in [-0.3, -0.25) is 0 Å². The number of rotatable bonds is 4. The molecule has 0 atom stereocenters. The van der Waals surface area contributed by atoms with Crippen molar-refractivity contribution in [2.75, 3.05) is 25.0 Å². The largest absolute Gasteiger partial charge is 0.384 e. The maximum atomic E-state index is 3.76.